The van der Waals surface area contributed by atoms with Crippen LogP contribution in [-0.4, -0.2) is 25.3 Å². The van der Waals surface area contributed by atoms with Gasteiger partial charge in [-0.25, -0.2) is 0 Å². The molecule has 1 rings (SSSR count). The van der Waals surface area contributed by atoms with Gasteiger partial charge in [0.05, 0.1) is 12.2 Å². The van der Waals surface area contributed by atoms with Crippen molar-refractivity contribution in [3.05, 3.63) is 0 Å². The quantitative estimate of drug-likeness (QED) is 0.654. The van der Waals surface area contributed by atoms with Crippen LogP contribution in [0.25, 0.3) is 0 Å². The zero-order chi connectivity index (χ0) is 8.32. The highest BCUT2D eigenvalue weighted by Gasteiger charge is 2.18. The second-order valence-electron chi connectivity index (χ2n) is 4.28. The van der Waals surface area contributed by atoms with Crippen molar-refractivity contribution in [2.24, 2.45) is 5.92 Å². The predicted molar refractivity (Wildman–Crippen MR) is 46.7 cm³/mol. The fourth-order valence-corrected chi connectivity index (χ4v) is 1.22. The predicted octanol–water partition coefficient (Wildman–Crippen LogP) is 1.41. The summed E-state index contributed by atoms with van der Waals surface area (Å²) in [5, 5.41) is 3.33. The number of ether oxygens (including phenoxy) is 1. The summed E-state index contributed by atoms with van der Waals surface area (Å²) in [6, 6.07) is 0. The molecule has 0 saturated carbocycles. The molecule has 0 aromatic carbocycles. The zero-order valence-corrected chi connectivity index (χ0v) is 7.81. The van der Waals surface area contributed by atoms with Crippen LogP contribution < -0.4 is 5.32 Å². The summed E-state index contributed by atoms with van der Waals surface area (Å²) in [5.74, 6) is 0.745. The minimum Gasteiger partial charge on any atom is -0.376 e. The van der Waals surface area contributed by atoms with Gasteiger partial charge in [0, 0.05) is 6.54 Å². The Morgan fingerprint density at radius 1 is 1.45 bits per heavy atom. The Bertz CT molecular complexity index is 111. The van der Waals surface area contributed by atoms with E-state index in [9.17, 15) is 0 Å². The molecule has 1 saturated heterocycles. The van der Waals surface area contributed by atoms with E-state index in [1.54, 1.807) is 0 Å². The van der Waals surface area contributed by atoms with Gasteiger partial charge >= 0.3 is 0 Å². The Morgan fingerprint density at radius 2 is 2.18 bits per heavy atom. The molecule has 1 aliphatic rings. The van der Waals surface area contributed by atoms with Gasteiger partial charge in [-0.3, -0.25) is 0 Å². The van der Waals surface area contributed by atoms with Crippen molar-refractivity contribution in [3.63, 3.8) is 0 Å². The molecular formula is C9H19NO. The molecule has 1 atom stereocenters. The Hall–Kier alpha value is -0.0800. The SMILES string of the molecule is CC(C)(C)OC[C@@H]1CCNC1. The molecule has 1 fully saturated rings. The molecule has 0 aliphatic carbocycles. The molecule has 0 aromatic rings. The molecule has 66 valence electrons. The van der Waals surface area contributed by atoms with Crippen LogP contribution in [0.15, 0.2) is 0 Å². The van der Waals surface area contributed by atoms with Crippen LogP contribution in [-0.2, 0) is 4.74 Å². The Labute approximate surface area is 69.3 Å². The highest BCUT2D eigenvalue weighted by Crippen LogP contribution is 2.13. The molecular weight excluding hydrogens is 138 g/mol. The van der Waals surface area contributed by atoms with Gasteiger partial charge in [0.15, 0.2) is 0 Å². The van der Waals surface area contributed by atoms with E-state index in [0.29, 0.717) is 0 Å². The van der Waals surface area contributed by atoms with Gasteiger partial charge in [-0.15, -0.1) is 0 Å². The van der Waals surface area contributed by atoms with Crippen LogP contribution >= 0.6 is 0 Å². The van der Waals surface area contributed by atoms with Gasteiger partial charge in [-0.2, -0.15) is 0 Å². The van der Waals surface area contributed by atoms with Crippen molar-refractivity contribution in [2.75, 3.05) is 19.7 Å². The van der Waals surface area contributed by atoms with Crippen LogP contribution in [0.5, 0.6) is 0 Å². The molecule has 2 nitrogen and oxygen atoms in total. The fraction of sp³-hybridized carbons (Fsp3) is 1.00. The van der Waals surface area contributed by atoms with E-state index < -0.39 is 0 Å². The van der Waals surface area contributed by atoms with Crippen LogP contribution in [0.1, 0.15) is 27.2 Å². The molecule has 0 radical (unpaired) electrons. The second kappa shape index (κ2) is 3.55. The van der Waals surface area contributed by atoms with E-state index in [4.69, 9.17) is 4.74 Å². The van der Waals surface area contributed by atoms with Gasteiger partial charge in [0.1, 0.15) is 0 Å². The third kappa shape index (κ3) is 3.73. The highest BCUT2D eigenvalue weighted by atomic mass is 16.5. The van der Waals surface area contributed by atoms with Crippen molar-refractivity contribution in [3.8, 4) is 0 Å². The molecule has 0 bridgehead atoms. The summed E-state index contributed by atoms with van der Waals surface area (Å²) in [7, 11) is 0. The van der Waals surface area contributed by atoms with E-state index in [1.807, 2.05) is 0 Å². The van der Waals surface area contributed by atoms with Crippen LogP contribution in [0.2, 0.25) is 0 Å². The second-order valence-corrected chi connectivity index (χ2v) is 4.28. The van der Waals surface area contributed by atoms with Crippen molar-refractivity contribution in [2.45, 2.75) is 32.8 Å². The highest BCUT2D eigenvalue weighted by molar-refractivity contribution is 4.71. The lowest BCUT2D eigenvalue weighted by Gasteiger charge is -2.21. The zero-order valence-electron chi connectivity index (χ0n) is 7.81. The number of hydrogen-bond donors (Lipinski definition) is 1. The van der Waals surface area contributed by atoms with Crippen molar-refractivity contribution in [1.82, 2.24) is 5.32 Å². The third-order valence-corrected chi connectivity index (χ3v) is 1.91. The van der Waals surface area contributed by atoms with E-state index in [2.05, 4.69) is 26.1 Å². The standard InChI is InChI=1S/C9H19NO/c1-9(2,3)11-7-8-4-5-10-6-8/h8,10H,4-7H2,1-3H3/t8-/m1/s1. The number of rotatable bonds is 2. The molecule has 11 heavy (non-hydrogen) atoms. The monoisotopic (exact) mass is 157 g/mol. The maximum Gasteiger partial charge on any atom is 0.0598 e. The van der Waals surface area contributed by atoms with Crippen molar-refractivity contribution in [1.29, 1.82) is 0 Å². The average Bonchev–Trinajstić information content (AvgIpc) is 2.32. The van der Waals surface area contributed by atoms with Crippen molar-refractivity contribution < 1.29 is 4.74 Å². The van der Waals surface area contributed by atoms with Gasteiger partial charge < -0.3 is 10.1 Å². The summed E-state index contributed by atoms with van der Waals surface area (Å²) in [6.07, 6.45) is 1.27. The van der Waals surface area contributed by atoms with Crippen LogP contribution in [0.4, 0.5) is 0 Å². The Balaban J connectivity index is 2.11. The Morgan fingerprint density at radius 3 is 2.64 bits per heavy atom. The minimum absolute atomic E-state index is 0.0303. The topological polar surface area (TPSA) is 21.3 Å². The molecule has 1 N–H and O–H groups in total. The van der Waals surface area contributed by atoms with E-state index in [0.717, 1.165) is 25.6 Å². The fourth-order valence-electron chi connectivity index (χ4n) is 1.22. The third-order valence-electron chi connectivity index (χ3n) is 1.91. The molecule has 1 heterocycles. The van der Waals surface area contributed by atoms with E-state index in [-0.39, 0.29) is 5.60 Å². The number of nitrogens with one attached hydrogen (secondary N) is 1. The maximum atomic E-state index is 5.67. The smallest absolute Gasteiger partial charge is 0.0598 e. The summed E-state index contributed by atoms with van der Waals surface area (Å²) in [6.45, 7) is 9.53. The summed E-state index contributed by atoms with van der Waals surface area (Å²) < 4.78 is 5.67. The van der Waals surface area contributed by atoms with Crippen LogP contribution in [0.3, 0.4) is 0 Å². The van der Waals surface area contributed by atoms with Gasteiger partial charge in [0.25, 0.3) is 0 Å². The lowest BCUT2D eigenvalue weighted by Crippen LogP contribution is -2.24. The first-order valence-electron chi connectivity index (χ1n) is 4.42. The molecule has 0 aromatic heterocycles. The molecule has 0 amide bonds. The van der Waals surface area contributed by atoms with Gasteiger partial charge in [-0.05, 0) is 39.7 Å². The molecule has 1 aliphatic heterocycles. The van der Waals surface area contributed by atoms with Gasteiger partial charge in [-0.1, -0.05) is 0 Å². The summed E-state index contributed by atoms with van der Waals surface area (Å²) in [5.41, 5.74) is 0.0303. The lowest BCUT2D eigenvalue weighted by atomic mass is 10.1. The average molecular weight is 157 g/mol. The minimum atomic E-state index is 0.0303. The van der Waals surface area contributed by atoms with E-state index >= 15 is 0 Å². The maximum absolute atomic E-state index is 5.67. The Kier molecular flexibility index (Phi) is 2.90. The normalized spacial score (nSPS) is 25.9. The first kappa shape index (κ1) is 9.01. The molecule has 0 unspecified atom stereocenters. The lowest BCUT2D eigenvalue weighted by molar-refractivity contribution is -0.0191. The largest absolute Gasteiger partial charge is 0.376 e. The van der Waals surface area contributed by atoms with E-state index in [1.165, 1.54) is 6.42 Å². The van der Waals surface area contributed by atoms with Gasteiger partial charge in [0.2, 0.25) is 0 Å². The number of hydrogen-bond acceptors (Lipinski definition) is 2. The molecule has 2 heteroatoms. The first-order valence-corrected chi connectivity index (χ1v) is 4.42. The summed E-state index contributed by atoms with van der Waals surface area (Å²) in [4.78, 5) is 0. The first-order chi connectivity index (χ1) is 5.08. The van der Waals surface area contributed by atoms with Crippen molar-refractivity contribution >= 4 is 0 Å². The summed E-state index contributed by atoms with van der Waals surface area (Å²) >= 11 is 0. The molecule has 0 spiro atoms. The van der Waals surface area contributed by atoms with Crippen LogP contribution in [0, 0.1) is 5.92 Å².